The first-order valence-corrected chi connectivity index (χ1v) is 6.94. The number of nitrogens with one attached hydrogen (secondary N) is 1. The average molecular weight is 287 g/mol. The predicted molar refractivity (Wildman–Crippen MR) is 82.8 cm³/mol. The number of carbonyl (C=O) groups is 1. The van der Waals surface area contributed by atoms with E-state index in [1.165, 1.54) is 6.92 Å². The molecule has 2 aromatic heterocycles. The number of aryl methyl sites for hydroxylation is 1. The van der Waals surface area contributed by atoms with Gasteiger partial charge in [-0.25, -0.2) is 10.1 Å². The number of rotatable bonds is 4. The molecule has 112 valence electrons. The summed E-state index contributed by atoms with van der Waals surface area (Å²) >= 11 is 0. The van der Waals surface area contributed by atoms with Crippen LogP contribution in [-0.2, 0) is 4.79 Å². The van der Waals surface area contributed by atoms with Gasteiger partial charge in [-0.3, -0.25) is 4.79 Å². The molecular weight excluding hydrogens is 266 g/mol. The lowest BCUT2D eigenvalue weighted by Gasteiger charge is -2.14. The molecule has 0 saturated carbocycles. The van der Waals surface area contributed by atoms with Crippen LogP contribution in [0.5, 0.6) is 0 Å². The topological polar surface area (TPSA) is 64.2 Å². The quantitative estimate of drug-likeness (QED) is 0.693. The zero-order valence-corrected chi connectivity index (χ0v) is 13.1. The lowest BCUT2D eigenvalue weighted by molar-refractivity contribution is -0.118. The summed E-state index contributed by atoms with van der Waals surface area (Å²) in [4.78, 5) is 10.9. The van der Waals surface area contributed by atoms with Gasteiger partial charge in [0, 0.05) is 36.0 Å². The summed E-state index contributed by atoms with van der Waals surface area (Å²) in [6.07, 6.45) is 3.47. The predicted octanol–water partition coefficient (Wildman–Crippen LogP) is 2.34. The Morgan fingerprint density at radius 2 is 2.14 bits per heavy atom. The summed E-state index contributed by atoms with van der Waals surface area (Å²) in [5, 5.41) is 8.31. The van der Waals surface area contributed by atoms with Crippen molar-refractivity contribution in [3.05, 3.63) is 35.3 Å². The second-order valence-corrected chi connectivity index (χ2v) is 5.32. The number of carbonyl (C=O) groups excluding carboxylic acids is 1. The zero-order chi connectivity index (χ0) is 15.6. The van der Waals surface area contributed by atoms with Crippen molar-refractivity contribution in [3.8, 4) is 5.82 Å². The minimum atomic E-state index is -0.182. The molecule has 2 heterocycles. The first kappa shape index (κ1) is 15.0. The molecule has 0 aliphatic carbocycles. The molecule has 0 aromatic carbocycles. The molecule has 21 heavy (non-hydrogen) atoms. The van der Waals surface area contributed by atoms with Crippen molar-refractivity contribution in [2.24, 2.45) is 5.10 Å². The summed E-state index contributed by atoms with van der Waals surface area (Å²) in [5.41, 5.74) is 5.54. The van der Waals surface area contributed by atoms with Crippen LogP contribution in [0.1, 0.15) is 43.8 Å². The van der Waals surface area contributed by atoms with Gasteiger partial charge in [0.1, 0.15) is 5.82 Å². The van der Waals surface area contributed by atoms with Gasteiger partial charge in [-0.2, -0.15) is 10.2 Å². The first-order valence-electron chi connectivity index (χ1n) is 6.94. The van der Waals surface area contributed by atoms with Gasteiger partial charge in [-0.05, 0) is 33.8 Å². The van der Waals surface area contributed by atoms with E-state index in [0.717, 1.165) is 22.8 Å². The molecule has 0 spiro atoms. The van der Waals surface area contributed by atoms with Gasteiger partial charge >= 0.3 is 0 Å². The molecule has 0 radical (unpaired) electrons. The van der Waals surface area contributed by atoms with Crippen LogP contribution < -0.4 is 5.43 Å². The van der Waals surface area contributed by atoms with E-state index >= 15 is 0 Å². The van der Waals surface area contributed by atoms with E-state index in [1.807, 2.05) is 30.7 Å². The molecule has 0 aliphatic heterocycles. The molecule has 2 rings (SSSR count). The molecule has 0 fully saturated rings. The Hall–Kier alpha value is -2.37. The van der Waals surface area contributed by atoms with Gasteiger partial charge in [0.15, 0.2) is 0 Å². The third-order valence-corrected chi connectivity index (χ3v) is 3.26. The van der Waals surface area contributed by atoms with Crippen LogP contribution in [0.3, 0.4) is 0 Å². The summed E-state index contributed by atoms with van der Waals surface area (Å²) in [7, 11) is 0. The van der Waals surface area contributed by atoms with Gasteiger partial charge in [0.25, 0.3) is 0 Å². The fraction of sp³-hybridized carbons (Fsp3) is 0.400. The molecule has 6 nitrogen and oxygen atoms in total. The molecule has 6 heteroatoms. The van der Waals surface area contributed by atoms with Crippen molar-refractivity contribution in [2.45, 2.75) is 40.7 Å². The number of hydrogen-bond donors (Lipinski definition) is 1. The number of nitrogens with zero attached hydrogens (tertiary/aromatic N) is 4. The van der Waals surface area contributed by atoms with Crippen molar-refractivity contribution >= 4 is 12.1 Å². The van der Waals surface area contributed by atoms with Crippen LogP contribution in [0, 0.1) is 13.8 Å². The summed E-state index contributed by atoms with van der Waals surface area (Å²) in [6, 6.07) is 4.32. The van der Waals surface area contributed by atoms with Crippen LogP contribution in [0.25, 0.3) is 5.82 Å². The van der Waals surface area contributed by atoms with Crippen LogP contribution in [0.2, 0.25) is 0 Å². The zero-order valence-electron chi connectivity index (χ0n) is 13.1. The van der Waals surface area contributed by atoms with Gasteiger partial charge in [0.05, 0.1) is 12.4 Å². The van der Waals surface area contributed by atoms with Crippen LogP contribution in [0.4, 0.5) is 0 Å². The lowest BCUT2D eigenvalue weighted by atomic mass is 10.3. The van der Waals surface area contributed by atoms with Crippen LogP contribution >= 0.6 is 0 Å². The largest absolute Gasteiger partial charge is 0.303 e. The van der Waals surface area contributed by atoms with E-state index in [-0.39, 0.29) is 11.9 Å². The van der Waals surface area contributed by atoms with Gasteiger partial charge in [-0.15, -0.1) is 0 Å². The van der Waals surface area contributed by atoms with Crippen LogP contribution in [0.15, 0.2) is 23.4 Å². The van der Waals surface area contributed by atoms with Crippen molar-refractivity contribution in [1.82, 2.24) is 19.8 Å². The fourth-order valence-electron chi connectivity index (χ4n) is 2.35. The Labute approximate surface area is 124 Å². The molecular formula is C15H21N5O. The van der Waals surface area contributed by atoms with Crippen molar-refractivity contribution in [1.29, 1.82) is 0 Å². The number of hydrogen-bond acceptors (Lipinski definition) is 3. The van der Waals surface area contributed by atoms with E-state index in [9.17, 15) is 4.79 Å². The highest BCUT2D eigenvalue weighted by Crippen LogP contribution is 2.21. The molecule has 0 saturated heterocycles. The molecule has 0 atom stereocenters. The van der Waals surface area contributed by atoms with Gasteiger partial charge in [0.2, 0.25) is 5.91 Å². The summed E-state index contributed by atoms with van der Waals surface area (Å²) in [6.45, 7) is 9.70. The smallest absolute Gasteiger partial charge is 0.236 e. The van der Waals surface area contributed by atoms with E-state index in [0.29, 0.717) is 0 Å². The highest BCUT2D eigenvalue weighted by molar-refractivity contribution is 5.83. The molecule has 1 N–H and O–H groups in total. The number of amides is 1. The standard InChI is InChI=1S/C15H21N5O/c1-10(2)20-15(6-7-17-20)19-11(3)8-14(12(19)4)9-16-18-13(5)21/h6-10H,1-5H3,(H,18,21)/b16-9-. The third-order valence-electron chi connectivity index (χ3n) is 3.26. The Morgan fingerprint density at radius 3 is 2.76 bits per heavy atom. The minimum Gasteiger partial charge on any atom is -0.303 e. The summed E-state index contributed by atoms with van der Waals surface area (Å²) < 4.78 is 4.12. The van der Waals surface area contributed by atoms with Crippen molar-refractivity contribution < 1.29 is 4.79 Å². The monoisotopic (exact) mass is 287 g/mol. The number of aromatic nitrogens is 3. The first-order chi connectivity index (χ1) is 9.91. The Morgan fingerprint density at radius 1 is 1.43 bits per heavy atom. The second kappa shape index (κ2) is 5.95. The number of hydrazone groups is 1. The van der Waals surface area contributed by atoms with E-state index < -0.39 is 0 Å². The fourth-order valence-corrected chi connectivity index (χ4v) is 2.35. The Bertz CT molecular complexity index is 678. The highest BCUT2D eigenvalue weighted by Gasteiger charge is 2.14. The molecule has 0 aliphatic rings. The lowest BCUT2D eigenvalue weighted by Crippen LogP contribution is -2.13. The second-order valence-electron chi connectivity index (χ2n) is 5.32. The van der Waals surface area contributed by atoms with E-state index in [1.54, 1.807) is 12.4 Å². The molecule has 1 amide bonds. The molecule has 0 unspecified atom stereocenters. The van der Waals surface area contributed by atoms with E-state index in [4.69, 9.17) is 0 Å². The Kier molecular flexibility index (Phi) is 4.26. The molecule has 2 aromatic rings. The van der Waals surface area contributed by atoms with Crippen LogP contribution in [-0.4, -0.2) is 26.5 Å². The maximum absolute atomic E-state index is 10.9. The normalized spacial score (nSPS) is 11.5. The van der Waals surface area contributed by atoms with Crippen molar-refractivity contribution in [3.63, 3.8) is 0 Å². The average Bonchev–Trinajstić information content (AvgIpc) is 2.95. The maximum Gasteiger partial charge on any atom is 0.236 e. The Balaban J connectivity index is 2.42. The third kappa shape index (κ3) is 3.04. The summed E-state index contributed by atoms with van der Waals surface area (Å²) in [5.74, 6) is 0.845. The highest BCUT2D eigenvalue weighted by atomic mass is 16.2. The maximum atomic E-state index is 10.9. The van der Waals surface area contributed by atoms with Crippen molar-refractivity contribution in [2.75, 3.05) is 0 Å². The molecule has 0 bridgehead atoms. The van der Waals surface area contributed by atoms with Gasteiger partial charge in [-0.1, -0.05) is 0 Å². The van der Waals surface area contributed by atoms with E-state index in [2.05, 4.69) is 34.0 Å². The minimum absolute atomic E-state index is 0.182. The SMILES string of the molecule is CC(=O)N/N=C\c1cc(C)n(-c2ccnn2C(C)C)c1C. The van der Waals surface area contributed by atoms with Gasteiger partial charge < -0.3 is 4.57 Å².